The zero-order valence-electron chi connectivity index (χ0n) is 20.9. The second-order valence-corrected chi connectivity index (χ2v) is 11.1. The van der Waals surface area contributed by atoms with Gasteiger partial charge >= 0.3 is 0 Å². The molecule has 0 atom stereocenters. The largest absolute Gasteiger partial charge is 0.367 e. The standard InChI is InChI=1S/C30H29N3O3S/c1-21-7-12-27(19-22(21)2)32-37(35,36)28-15-13-26(14-16-28)31-30(34)25-10-8-23(9-11-25)20-33-18-17-24-5-3-4-6-29(24)33/h3-16,19,32H,17-18,20H2,1-2H3,(H,31,34). The quantitative estimate of drug-likeness (QED) is 0.323. The van der Waals surface area contributed by atoms with Crippen LogP contribution in [0.5, 0.6) is 0 Å². The molecule has 0 saturated heterocycles. The molecule has 4 aromatic rings. The van der Waals surface area contributed by atoms with Crippen molar-refractivity contribution in [2.45, 2.75) is 31.7 Å². The molecule has 0 aromatic heterocycles. The fourth-order valence-electron chi connectivity index (χ4n) is 4.49. The number of carbonyl (C=O) groups is 1. The van der Waals surface area contributed by atoms with Crippen LogP contribution in [-0.4, -0.2) is 20.9 Å². The van der Waals surface area contributed by atoms with Crippen molar-refractivity contribution in [3.8, 4) is 0 Å². The van der Waals surface area contributed by atoms with Crippen molar-refractivity contribution in [1.29, 1.82) is 0 Å². The number of carbonyl (C=O) groups excluding carboxylic acids is 1. The number of hydrogen-bond donors (Lipinski definition) is 2. The molecule has 1 amide bonds. The zero-order valence-corrected chi connectivity index (χ0v) is 21.7. The minimum absolute atomic E-state index is 0.122. The van der Waals surface area contributed by atoms with Crippen LogP contribution in [0.4, 0.5) is 17.1 Å². The maximum atomic E-state index is 12.8. The molecule has 37 heavy (non-hydrogen) atoms. The van der Waals surface area contributed by atoms with Gasteiger partial charge in [-0.2, -0.15) is 0 Å². The lowest BCUT2D eigenvalue weighted by atomic mass is 10.1. The van der Waals surface area contributed by atoms with Crippen molar-refractivity contribution < 1.29 is 13.2 Å². The summed E-state index contributed by atoms with van der Waals surface area (Å²) in [6.07, 6.45) is 1.05. The average molecular weight is 512 g/mol. The number of aryl methyl sites for hydroxylation is 2. The molecule has 6 nitrogen and oxygen atoms in total. The number of para-hydroxylation sites is 1. The van der Waals surface area contributed by atoms with Crippen molar-refractivity contribution in [3.63, 3.8) is 0 Å². The van der Waals surface area contributed by atoms with Gasteiger partial charge in [0.15, 0.2) is 0 Å². The molecule has 1 aliphatic heterocycles. The van der Waals surface area contributed by atoms with Gasteiger partial charge in [-0.25, -0.2) is 8.42 Å². The number of rotatable bonds is 7. The highest BCUT2D eigenvalue weighted by Gasteiger charge is 2.19. The maximum Gasteiger partial charge on any atom is 0.261 e. The van der Waals surface area contributed by atoms with Gasteiger partial charge in [-0.3, -0.25) is 9.52 Å². The summed E-state index contributed by atoms with van der Waals surface area (Å²) < 4.78 is 28.2. The minimum atomic E-state index is -3.74. The second-order valence-electron chi connectivity index (χ2n) is 9.38. The first-order valence-electron chi connectivity index (χ1n) is 12.2. The molecule has 0 saturated carbocycles. The fourth-order valence-corrected chi connectivity index (χ4v) is 5.54. The van der Waals surface area contributed by atoms with Gasteiger partial charge in [0.2, 0.25) is 0 Å². The third-order valence-corrected chi connectivity index (χ3v) is 8.15. The number of nitrogens with one attached hydrogen (secondary N) is 2. The molecular formula is C30H29N3O3S. The van der Waals surface area contributed by atoms with Crippen LogP contribution >= 0.6 is 0 Å². The molecule has 1 heterocycles. The predicted molar refractivity (Wildman–Crippen MR) is 149 cm³/mol. The highest BCUT2D eigenvalue weighted by Crippen LogP contribution is 2.29. The highest BCUT2D eigenvalue weighted by atomic mass is 32.2. The van der Waals surface area contributed by atoms with Crippen LogP contribution in [0.3, 0.4) is 0 Å². The number of amides is 1. The smallest absolute Gasteiger partial charge is 0.261 e. The summed E-state index contributed by atoms with van der Waals surface area (Å²) in [6.45, 7) is 5.70. The molecule has 0 spiro atoms. The van der Waals surface area contributed by atoms with Crippen molar-refractivity contribution in [2.75, 3.05) is 21.5 Å². The van der Waals surface area contributed by atoms with Gasteiger partial charge in [0, 0.05) is 35.7 Å². The lowest BCUT2D eigenvalue weighted by Crippen LogP contribution is -2.19. The minimum Gasteiger partial charge on any atom is -0.367 e. The van der Waals surface area contributed by atoms with Gasteiger partial charge in [0.1, 0.15) is 0 Å². The van der Waals surface area contributed by atoms with Crippen LogP contribution < -0.4 is 14.9 Å². The summed E-state index contributed by atoms with van der Waals surface area (Å²) in [6, 6.07) is 27.6. The Bertz CT molecular complexity index is 1550. The Kier molecular flexibility index (Phi) is 6.72. The van der Waals surface area contributed by atoms with Gasteiger partial charge in [-0.15, -0.1) is 0 Å². The van der Waals surface area contributed by atoms with Crippen molar-refractivity contribution in [3.05, 3.63) is 119 Å². The molecule has 1 aliphatic rings. The second kappa shape index (κ2) is 10.1. The molecule has 188 valence electrons. The van der Waals surface area contributed by atoms with E-state index >= 15 is 0 Å². The Balaban J connectivity index is 1.20. The number of sulfonamides is 1. The topological polar surface area (TPSA) is 78.5 Å². The molecule has 0 unspecified atom stereocenters. The normalized spacial score (nSPS) is 12.8. The average Bonchev–Trinajstić information content (AvgIpc) is 3.29. The Morgan fingerprint density at radius 2 is 1.54 bits per heavy atom. The van der Waals surface area contributed by atoms with Gasteiger partial charge in [0.25, 0.3) is 15.9 Å². The van der Waals surface area contributed by atoms with Crippen LogP contribution in [0.25, 0.3) is 0 Å². The van der Waals surface area contributed by atoms with Crippen LogP contribution in [0.15, 0.2) is 95.9 Å². The number of nitrogens with zero attached hydrogens (tertiary/aromatic N) is 1. The van der Waals surface area contributed by atoms with Gasteiger partial charge in [0.05, 0.1) is 4.90 Å². The summed E-state index contributed by atoms with van der Waals surface area (Å²) in [5.74, 6) is -0.248. The Morgan fingerprint density at radius 3 is 2.27 bits per heavy atom. The third kappa shape index (κ3) is 5.52. The third-order valence-electron chi connectivity index (χ3n) is 6.75. The van der Waals surface area contributed by atoms with E-state index in [0.29, 0.717) is 16.9 Å². The molecule has 4 aromatic carbocycles. The van der Waals surface area contributed by atoms with E-state index < -0.39 is 10.0 Å². The predicted octanol–water partition coefficient (Wildman–Crippen LogP) is 5.92. The molecule has 0 fully saturated rings. The zero-order chi connectivity index (χ0) is 26.0. The van der Waals surface area contributed by atoms with Crippen molar-refractivity contribution in [1.82, 2.24) is 0 Å². The highest BCUT2D eigenvalue weighted by molar-refractivity contribution is 7.92. The molecule has 5 rings (SSSR count). The fraction of sp³-hybridized carbons (Fsp3) is 0.167. The number of hydrogen-bond acceptors (Lipinski definition) is 4. The monoisotopic (exact) mass is 511 g/mol. The SMILES string of the molecule is Cc1ccc(NS(=O)(=O)c2ccc(NC(=O)c3ccc(CN4CCc5ccccc54)cc3)cc2)cc1C. The summed E-state index contributed by atoms with van der Waals surface area (Å²) >= 11 is 0. The van der Waals surface area contributed by atoms with Crippen molar-refractivity contribution >= 4 is 33.0 Å². The van der Waals surface area contributed by atoms with Crippen molar-refractivity contribution in [2.24, 2.45) is 0 Å². The lowest BCUT2D eigenvalue weighted by Gasteiger charge is -2.19. The summed E-state index contributed by atoms with van der Waals surface area (Å²) in [5.41, 5.74) is 7.46. The van der Waals surface area contributed by atoms with E-state index in [-0.39, 0.29) is 10.8 Å². The van der Waals surface area contributed by atoms with E-state index in [0.717, 1.165) is 36.2 Å². The number of fused-ring (bicyclic) bond motifs is 1. The van der Waals surface area contributed by atoms with Crippen LogP contribution in [0.1, 0.15) is 32.6 Å². The van der Waals surface area contributed by atoms with Gasteiger partial charge < -0.3 is 10.2 Å². The van der Waals surface area contributed by atoms with E-state index in [9.17, 15) is 13.2 Å². The summed E-state index contributed by atoms with van der Waals surface area (Å²) in [7, 11) is -3.74. The molecule has 0 radical (unpaired) electrons. The first kappa shape index (κ1) is 24.6. The van der Waals surface area contributed by atoms with Gasteiger partial charge in [-0.1, -0.05) is 36.4 Å². The van der Waals surface area contributed by atoms with E-state index in [1.54, 1.807) is 24.3 Å². The van der Waals surface area contributed by atoms with Crippen LogP contribution in [0.2, 0.25) is 0 Å². The molecule has 7 heteroatoms. The first-order chi connectivity index (χ1) is 17.8. The maximum absolute atomic E-state index is 12.8. The first-order valence-corrected chi connectivity index (χ1v) is 13.7. The Labute approximate surface area is 218 Å². The molecule has 0 aliphatic carbocycles. The van der Waals surface area contributed by atoms with Crippen LogP contribution in [0, 0.1) is 13.8 Å². The Morgan fingerprint density at radius 1 is 0.838 bits per heavy atom. The van der Waals surface area contributed by atoms with Crippen LogP contribution in [-0.2, 0) is 23.0 Å². The lowest BCUT2D eigenvalue weighted by molar-refractivity contribution is 0.102. The van der Waals surface area contributed by atoms with E-state index in [4.69, 9.17) is 0 Å². The molecule has 0 bridgehead atoms. The molecular weight excluding hydrogens is 482 g/mol. The molecule has 2 N–H and O–H groups in total. The number of benzene rings is 4. The van der Waals surface area contributed by atoms with E-state index in [1.165, 1.54) is 23.4 Å². The van der Waals surface area contributed by atoms with E-state index in [2.05, 4.69) is 39.2 Å². The Hall–Kier alpha value is -4.10. The van der Waals surface area contributed by atoms with Gasteiger partial charge in [-0.05, 0) is 97.1 Å². The summed E-state index contributed by atoms with van der Waals surface area (Å²) in [5, 5.41) is 2.84. The van der Waals surface area contributed by atoms with E-state index in [1.807, 2.05) is 44.2 Å². The summed E-state index contributed by atoms with van der Waals surface area (Å²) in [4.78, 5) is 15.2. The number of anilines is 3.